The van der Waals surface area contributed by atoms with E-state index in [9.17, 15) is 4.39 Å². The van der Waals surface area contributed by atoms with Gasteiger partial charge in [-0.15, -0.1) is 0 Å². The van der Waals surface area contributed by atoms with Crippen molar-refractivity contribution in [3.8, 4) is 5.75 Å². The first-order chi connectivity index (χ1) is 8.66. The van der Waals surface area contributed by atoms with Gasteiger partial charge in [0.1, 0.15) is 18.2 Å². The summed E-state index contributed by atoms with van der Waals surface area (Å²) >= 11 is 0. The normalized spacial score (nSPS) is 12.2. The topological polar surface area (TPSA) is 48.1 Å². The lowest BCUT2D eigenvalue weighted by Gasteiger charge is -2.10. The van der Waals surface area contributed by atoms with Gasteiger partial charge >= 0.3 is 0 Å². The molecule has 2 N–H and O–H groups in total. The Morgan fingerprint density at radius 3 is 2.78 bits per heavy atom. The zero-order chi connectivity index (χ0) is 13.0. The first kappa shape index (κ1) is 12.5. The Morgan fingerprint density at radius 1 is 1.33 bits per heavy atom. The van der Waals surface area contributed by atoms with Crippen molar-refractivity contribution in [2.75, 3.05) is 0 Å². The van der Waals surface area contributed by atoms with E-state index in [1.165, 1.54) is 6.07 Å². The molecule has 1 heterocycles. The van der Waals surface area contributed by atoms with Crippen molar-refractivity contribution in [3.63, 3.8) is 0 Å². The van der Waals surface area contributed by atoms with E-state index in [0.29, 0.717) is 17.9 Å². The van der Waals surface area contributed by atoms with Crippen molar-refractivity contribution in [3.05, 3.63) is 59.7 Å². The summed E-state index contributed by atoms with van der Waals surface area (Å²) in [6.07, 6.45) is 1.69. The Bertz CT molecular complexity index is 514. The molecule has 0 unspecified atom stereocenters. The van der Waals surface area contributed by atoms with Gasteiger partial charge in [0.05, 0.1) is 5.69 Å². The molecule has 3 nitrogen and oxygen atoms in total. The van der Waals surface area contributed by atoms with Gasteiger partial charge in [-0.05, 0) is 25.1 Å². The Labute approximate surface area is 105 Å². The standard InChI is InChI=1S/C14H15FN2O/c1-10(16)13-6-5-12(8-14(13)15)18-9-11-4-2-3-7-17-11/h2-8,10H,9,16H2,1H3/t10-/m1/s1. The molecule has 18 heavy (non-hydrogen) atoms. The number of nitrogens with zero attached hydrogens (tertiary/aromatic N) is 1. The highest BCUT2D eigenvalue weighted by Gasteiger charge is 2.08. The molecule has 4 heteroatoms. The van der Waals surface area contributed by atoms with E-state index in [1.54, 1.807) is 25.3 Å². The molecule has 0 bridgehead atoms. The molecular weight excluding hydrogens is 231 g/mol. The summed E-state index contributed by atoms with van der Waals surface area (Å²) in [5, 5.41) is 0. The first-order valence-corrected chi connectivity index (χ1v) is 5.74. The van der Waals surface area contributed by atoms with Crippen LogP contribution in [0, 0.1) is 5.82 Å². The summed E-state index contributed by atoms with van der Waals surface area (Å²) in [6.45, 7) is 2.06. The lowest BCUT2D eigenvalue weighted by atomic mass is 10.1. The van der Waals surface area contributed by atoms with Gasteiger partial charge in [0.15, 0.2) is 0 Å². The molecule has 0 fully saturated rings. The zero-order valence-electron chi connectivity index (χ0n) is 10.1. The number of halogens is 1. The predicted molar refractivity (Wildman–Crippen MR) is 67.6 cm³/mol. The number of pyridine rings is 1. The third-order valence-electron chi connectivity index (χ3n) is 2.58. The molecule has 1 aromatic carbocycles. The fourth-order valence-corrected chi connectivity index (χ4v) is 1.61. The maximum atomic E-state index is 13.7. The largest absolute Gasteiger partial charge is 0.487 e. The predicted octanol–water partition coefficient (Wildman–Crippen LogP) is 2.82. The van der Waals surface area contributed by atoms with E-state index in [0.717, 1.165) is 5.69 Å². The Balaban J connectivity index is 2.05. The SMILES string of the molecule is C[C@@H](N)c1ccc(OCc2ccccn2)cc1F. The monoisotopic (exact) mass is 246 g/mol. The second-order valence-corrected chi connectivity index (χ2v) is 4.08. The molecule has 0 aliphatic rings. The van der Waals surface area contributed by atoms with Crippen LogP contribution in [0.25, 0.3) is 0 Å². The van der Waals surface area contributed by atoms with Gasteiger partial charge in [-0.25, -0.2) is 4.39 Å². The molecule has 1 atom stereocenters. The summed E-state index contributed by atoms with van der Waals surface area (Å²) in [4.78, 5) is 4.12. The van der Waals surface area contributed by atoms with Gasteiger partial charge in [-0.1, -0.05) is 12.1 Å². The molecule has 0 saturated heterocycles. The van der Waals surface area contributed by atoms with Crippen molar-refractivity contribution in [1.82, 2.24) is 4.98 Å². The van der Waals surface area contributed by atoms with Crippen LogP contribution in [0.4, 0.5) is 4.39 Å². The number of hydrogen-bond donors (Lipinski definition) is 1. The molecule has 0 aliphatic heterocycles. The lowest BCUT2D eigenvalue weighted by Crippen LogP contribution is -2.07. The maximum Gasteiger partial charge on any atom is 0.131 e. The van der Waals surface area contributed by atoms with E-state index in [-0.39, 0.29) is 11.9 Å². The highest BCUT2D eigenvalue weighted by atomic mass is 19.1. The van der Waals surface area contributed by atoms with Gasteiger partial charge < -0.3 is 10.5 Å². The minimum absolute atomic E-state index is 0.317. The minimum atomic E-state index is -0.344. The summed E-state index contributed by atoms with van der Waals surface area (Å²) in [5.41, 5.74) is 6.93. The third kappa shape index (κ3) is 3.05. The van der Waals surface area contributed by atoms with Crippen LogP contribution in [-0.2, 0) is 6.61 Å². The number of hydrogen-bond acceptors (Lipinski definition) is 3. The van der Waals surface area contributed by atoms with Crippen LogP contribution in [0.1, 0.15) is 24.2 Å². The molecular formula is C14H15FN2O. The average Bonchev–Trinajstić information content (AvgIpc) is 2.37. The summed E-state index contributed by atoms with van der Waals surface area (Å²) < 4.78 is 19.1. The average molecular weight is 246 g/mol. The van der Waals surface area contributed by atoms with Crippen molar-refractivity contribution < 1.29 is 9.13 Å². The molecule has 1 aromatic heterocycles. The lowest BCUT2D eigenvalue weighted by molar-refractivity contribution is 0.299. The molecule has 94 valence electrons. The highest BCUT2D eigenvalue weighted by Crippen LogP contribution is 2.21. The number of nitrogens with two attached hydrogens (primary N) is 1. The van der Waals surface area contributed by atoms with Crippen LogP contribution in [0.15, 0.2) is 42.6 Å². The third-order valence-corrected chi connectivity index (χ3v) is 2.58. The fourth-order valence-electron chi connectivity index (χ4n) is 1.61. The number of rotatable bonds is 4. The van der Waals surface area contributed by atoms with E-state index in [4.69, 9.17) is 10.5 Å². The van der Waals surface area contributed by atoms with Gasteiger partial charge in [0.25, 0.3) is 0 Å². The van der Waals surface area contributed by atoms with Crippen LogP contribution >= 0.6 is 0 Å². The molecule has 2 aromatic rings. The fraction of sp³-hybridized carbons (Fsp3) is 0.214. The second kappa shape index (κ2) is 5.60. The van der Waals surface area contributed by atoms with Crippen LogP contribution in [0.3, 0.4) is 0 Å². The van der Waals surface area contributed by atoms with Gasteiger partial charge in [0, 0.05) is 23.9 Å². The van der Waals surface area contributed by atoms with Crippen molar-refractivity contribution >= 4 is 0 Å². The van der Waals surface area contributed by atoms with Crippen LogP contribution < -0.4 is 10.5 Å². The number of aromatic nitrogens is 1. The van der Waals surface area contributed by atoms with Gasteiger partial charge in [0.2, 0.25) is 0 Å². The van der Waals surface area contributed by atoms with Crippen molar-refractivity contribution in [1.29, 1.82) is 0 Å². The second-order valence-electron chi connectivity index (χ2n) is 4.08. The molecule has 0 saturated carbocycles. The number of ether oxygens (including phenoxy) is 1. The maximum absolute atomic E-state index is 13.7. The molecule has 0 amide bonds. The van der Waals surface area contributed by atoms with E-state index >= 15 is 0 Å². The summed E-state index contributed by atoms with van der Waals surface area (Å²) in [6, 6.07) is 9.95. The zero-order valence-corrected chi connectivity index (χ0v) is 10.1. The summed E-state index contributed by atoms with van der Waals surface area (Å²) in [7, 11) is 0. The van der Waals surface area contributed by atoms with Crippen LogP contribution in [0.2, 0.25) is 0 Å². The number of benzene rings is 1. The van der Waals surface area contributed by atoms with Crippen LogP contribution in [0.5, 0.6) is 5.75 Å². The molecule has 0 radical (unpaired) electrons. The Morgan fingerprint density at radius 2 is 2.17 bits per heavy atom. The van der Waals surface area contributed by atoms with E-state index < -0.39 is 0 Å². The molecule has 0 spiro atoms. The summed E-state index contributed by atoms with van der Waals surface area (Å²) in [5.74, 6) is 0.131. The first-order valence-electron chi connectivity index (χ1n) is 5.74. The van der Waals surface area contributed by atoms with Gasteiger partial charge in [-0.3, -0.25) is 4.98 Å². The Kier molecular flexibility index (Phi) is 3.89. The van der Waals surface area contributed by atoms with Crippen LogP contribution in [-0.4, -0.2) is 4.98 Å². The van der Waals surface area contributed by atoms with Crippen molar-refractivity contribution in [2.45, 2.75) is 19.6 Å². The van der Waals surface area contributed by atoms with E-state index in [1.807, 2.05) is 18.2 Å². The van der Waals surface area contributed by atoms with E-state index in [2.05, 4.69) is 4.98 Å². The minimum Gasteiger partial charge on any atom is -0.487 e. The quantitative estimate of drug-likeness (QED) is 0.902. The Hall–Kier alpha value is -1.94. The van der Waals surface area contributed by atoms with Crippen molar-refractivity contribution in [2.24, 2.45) is 5.73 Å². The molecule has 0 aliphatic carbocycles. The smallest absolute Gasteiger partial charge is 0.131 e. The molecule has 2 rings (SSSR count). The highest BCUT2D eigenvalue weighted by molar-refractivity contribution is 5.30. The van der Waals surface area contributed by atoms with Gasteiger partial charge in [-0.2, -0.15) is 0 Å².